The van der Waals surface area contributed by atoms with E-state index < -0.39 is 31.2 Å². The molecule has 1 amide bonds. The number of aliphatic hydroxyl groups excluding tert-OH is 1. The number of hydrogen-bond donors (Lipinski definition) is 3. The number of pyridine rings is 1. The highest BCUT2D eigenvalue weighted by atomic mass is 19.3. The molecule has 0 aliphatic carbocycles. The molecule has 2 aliphatic heterocycles. The number of amides is 1. The van der Waals surface area contributed by atoms with Crippen molar-refractivity contribution in [3.05, 3.63) is 53.9 Å². The van der Waals surface area contributed by atoms with Gasteiger partial charge in [-0.1, -0.05) is 30.3 Å². The minimum atomic E-state index is -3.27. The monoisotopic (exact) mass is 462 g/mol. The zero-order valence-corrected chi connectivity index (χ0v) is 18.3. The number of nitrogens with zero attached hydrogens (tertiary/aromatic N) is 2. The molecule has 2 aliphatic rings. The van der Waals surface area contributed by atoms with E-state index in [1.807, 2.05) is 17.4 Å². The molecule has 6 nitrogen and oxygen atoms in total. The number of rotatable bonds is 8. The first-order valence-corrected chi connectivity index (χ1v) is 11.2. The van der Waals surface area contributed by atoms with Crippen molar-refractivity contribution in [3.8, 4) is 11.1 Å². The fraction of sp³-hybridized carbons (Fsp3) is 0.500. The van der Waals surface area contributed by atoms with Crippen LogP contribution in [0.1, 0.15) is 30.2 Å². The molecule has 0 bridgehead atoms. The molecular formula is C24H29F3N4O2. The van der Waals surface area contributed by atoms with Crippen LogP contribution in [0.15, 0.2) is 42.6 Å². The van der Waals surface area contributed by atoms with Crippen molar-refractivity contribution in [1.29, 1.82) is 0 Å². The second-order valence-electron chi connectivity index (χ2n) is 9.05. The van der Waals surface area contributed by atoms with Crippen LogP contribution in [0.25, 0.3) is 11.1 Å². The summed E-state index contributed by atoms with van der Waals surface area (Å²) in [5, 5.41) is 15.5. The zero-order valence-electron chi connectivity index (χ0n) is 18.3. The molecule has 33 heavy (non-hydrogen) atoms. The topological polar surface area (TPSA) is 77.5 Å². The number of alkyl halides is 3. The van der Waals surface area contributed by atoms with Gasteiger partial charge < -0.3 is 15.7 Å². The number of hydrogen-bond acceptors (Lipinski definition) is 5. The van der Waals surface area contributed by atoms with E-state index >= 15 is 0 Å². The third-order valence-corrected chi connectivity index (χ3v) is 6.79. The third kappa shape index (κ3) is 5.54. The van der Waals surface area contributed by atoms with Crippen LogP contribution in [0.2, 0.25) is 0 Å². The Bertz CT molecular complexity index is 926. The standard InChI is InChI=1S/C24H29F3N4O2/c25-11-20(30-23(33)22(26)27)21(32)17-3-1-16(2-4-17)18-5-6-19(29-12-18)13-31-9-7-24(8-10-31)14-28-15-24/h1-6,12,20-22,28,32H,7-11,13-15H2,(H,30,33). The summed E-state index contributed by atoms with van der Waals surface area (Å²) in [6.07, 6.45) is -0.450. The normalized spacial score (nSPS) is 19.8. The van der Waals surface area contributed by atoms with E-state index in [0.717, 1.165) is 49.5 Å². The maximum atomic E-state index is 13.2. The van der Waals surface area contributed by atoms with Gasteiger partial charge in [-0.3, -0.25) is 14.7 Å². The second kappa shape index (κ2) is 10.2. The Morgan fingerprint density at radius 2 is 1.79 bits per heavy atom. The summed E-state index contributed by atoms with van der Waals surface area (Å²) in [6.45, 7) is 4.12. The molecule has 4 rings (SSSR count). The largest absolute Gasteiger partial charge is 0.386 e. The first kappa shape index (κ1) is 23.7. The van der Waals surface area contributed by atoms with Gasteiger partial charge >= 0.3 is 6.43 Å². The molecule has 1 aromatic heterocycles. The summed E-state index contributed by atoms with van der Waals surface area (Å²) in [4.78, 5) is 18.2. The van der Waals surface area contributed by atoms with Crippen molar-refractivity contribution in [2.45, 2.75) is 38.0 Å². The lowest BCUT2D eigenvalue weighted by molar-refractivity contribution is -0.133. The van der Waals surface area contributed by atoms with Gasteiger partial charge in [-0.2, -0.15) is 8.78 Å². The van der Waals surface area contributed by atoms with E-state index in [2.05, 4.69) is 15.2 Å². The van der Waals surface area contributed by atoms with Crippen LogP contribution in [0.4, 0.5) is 13.2 Å². The molecule has 2 aromatic rings. The molecule has 1 spiro atoms. The van der Waals surface area contributed by atoms with Gasteiger partial charge in [0.25, 0.3) is 5.91 Å². The van der Waals surface area contributed by atoms with Gasteiger partial charge in [0.15, 0.2) is 0 Å². The fourth-order valence-corrected chi connectivity index (χ4v) is 4.49. The summed E-state index contributed by atoms with van der Waals surface area (Å²) in [5.74, 6) is -1.61. The van der Waals surface area contributed by atoms with Crippen molar-refractivity contribution in [3.63, 3.8) is 0 Å². The molecule has 178 valence electrons. The molecule has 1 aromatic carbocycles. The predicted molar refractivity (Wildman–Crippen MR) is 118 cm³/mol. The Kier molecular flexibility index (Phi) is 7.31. The number of benzene rings is 1. The minimum absolute atomic E-state index is 0.324. The molecule has 3 heterocycles. The molecule has 0 radical (unpaired) electrons. The molecule has 2 fully saturated rings. The highest BCUT2D eigenvalue weighted by molar-refractivity contribution is 5.79. The van der Waals surface area contributed by atoms with Crippen molar-refractivity contribution in [2.24, 2.45) is 5.41 Å². The number of halogens is 3. The number of carbonyl (C=O) groups is 1. The summed E-state index contributed by atoms with van der Waals surface area (Å²) in [6, 6.07) is 9.22. The number of carbonyl (C=O) groups excluding carboxylic acids is 1. The second-order valence-corrected chi connectivity index (χ2v) is 9.05. The fourth-order valence-electron chi connectivity index (χ4n) is 4.49. The van der Waals surface area contributed by atoms with Crippen LogP contribution in [-0.2, 0) is 11.3 Å². The van der Waals surface area contributed by atoms with E-state index in [1.165, 1.54) is 12.8 Å². The molecule has 2 atom stereocenters. The Labute approximate surface area is 191 Å². The van der Waals surface area contributed by atoms with Crippen LogP contribution in [0.5, 0.6) is 0 Å². The summed E-state index contributed by atoms with van der Waals surface area (Å²) in [7, 11) is 0. The number of aromatic nitrogens is 1. The number of aliphatic hydroxyl groups is 1. The van der Waals surface area contributed by atoms with E-state index in [-0.39, 0.29) is 0 Å². The van der Waals surface area contributed by atoms with Gasteiger partial charge in [0, 0.05) is 31.4 Å². The van der Waals surface area contributed by atoms with Gasteiger partial charge in [-0.25, -0.2) is 4.39 Å². The van der Waals surface area contributed by atoms with Gasteiger partial charge in [0.05, 0.1) is 11.7 Å². The van der Waals surface area contributed by atoms with Crippen LogP contribution in [0, 0.1) is 5.41 Å². The van der Waals surface area contributed by atoms with Gasteiger partial charge in [-0.15, -0.1) is 0 Å². The molecule has 3 N–H and O–H groups in total. The zero-order chi connectivity index (χ0) is 23.4. The predicted octanol–water partition coefficient (Wildman–Crippen LogP) is 2.69. The lowest BCUT2D eigenvalue weighted by Crippen LogP contribution is -2.58. The lowest BCUT2D eigenvalue weighted by Gasteiger charge is -2.48. The molecule has 0 saturated carbocycles. The van der Waals surface area contributed by atoms with E-state index in [4.69, 9.17) is 0 Å². The Morgan fingerprint density at radius 1 is 1.12 bits per heavy atom. The SMILES string of the molecule is O=C(NC(CF)C(O)c1ccc(-c2ccc(CN3CCC4(CC3)CNC4)nc2)cc1)C(F)F. The van der Waals surface area contributed by atoms with E-state index in [1.54, 1.807) is 30.5 Å². The van der Waals surface area contributed by atoms with E-state index in [0.29, 0.717) is 11.0 Å². The maximum absolute atomic E-state index is 13.2. The number of nitrogens with one attached hydrogen (secondary N) is 2. The average Bonchev–Trinajstić information content (AvgIpc) is 2.82. The average molecular weight is 463 g/mol. The third-order valence-electron chi connectivity index (χ3n) is 6.79. The molecule has 9 heteroatoms. The first-order chi connectivity index (χ1) is 15.9. The Hall–Kier alpha value is -2.49. The maximum Gasteiger partial charge on any atom is 0.315 e. The van der Waals surface area contributed by atoms with Crippen molar-refractivity contribution in [2.75, 3.05) is 32.9 Å². The van der Waals surface area contributed by atoms with Crippen LogP contribution in [0.3, 0.4) is 0 Å². The van der Waals surface area contributed by atoms with Crippen LogP contribution < -0.4 is 10.6 Å². The summed E-state index contributed by atoms with van der Waals surface area (Å²) >= 11 is 0. The minimum Gasteiger partial charge on any atom is -0.386 e. The number of piperidine rings is 1. The van der Waals surface area contributed by atoms with Gasteiger partial charge in [0.1, 0.15) is 12.8 Å². The lowest BCUT2D eigenvalue weighted by atomic mass is 9.73. The smallest absolute Gasteiger partial charge is 0.315 e. The molecule has 2 saturated heterocycles. The van der Waals surface area contributed by atoms with Crippen molar-refractivity contribution < 1.29 is 23.1 Å². The molecule has 2 unspecified atom stereocenters. The highest BCUT2D eigenvalue weighted by Crippen LogP contribution is 2.35. The van der Waals surface area contributed by atoms with E-state index in [9.17, 15) is 23.1 Å². The van der Waals surface area contributed by atoms with Crippen LogP contribution in [-0.4, -0.2) is 66.2 Å². The Balaban J connectivity index is 1.34. The summed E-state index contributed by atoms with van der Waals surface area (Å²) < 4.78 is 38.0. The quantitative estimate of drug-likeness (QED) is 0.563. The van der Waals surface area contributed by atoms with Gasteiger partial charge in [-0.05, 0) is 48.5 Å². The summed E-state index contributed by atoms with van der Waals surface area (Å²) in [5.41, 5.74) is 3.60. The molecular weight excluding hydrogens is 433 g/mol. The van der Waals surface area contributed by atoms with Crippen molar-refractivity contribution in [1.82, 2.24) is 20.5 Å². The Morgan fingerprint density at radius 3 is 2.30 bits per heavy atom. The van der Waals surface area contributed by atoms with Crippen LogP contribution >= 0.6 is 0 Å². The first-order valence-electron chi connectivity index (χ1n) is 11.2. The highest BCUT2D eigenvalue weighted by Gasteiger charge is 2.39. The van der Waals surface area contributed by atoms with Gasteiger partial charge in [0.2, 0.25) is 0 Å². The van der Waals surface area contributed by atoms with Crippen molar-refractivity contribution >= 4 is 5.91 Å². The number of likely N-dealkylation sites (tertiary alicyclic amines) is 1.